The van der Waals surface area contributed by atoms with Crippen LogP contribution >= 0.6 is 15.9 Å². The molecule has 1 aromatic heterocycles. The topological polar surface area (TPSA) is 85.5 Å². The molecule has 0 unspecified atom stereocenters. The zero-order chi connectivity index (χ0) is 17.3. The van der Waals surface area contributed by atoms with E-state index >= 15 is 0 Å². The van der Waals surface area contributed by atoms with E-state index in [-0.39, 0.29) is 17.7 Å². The van der Waals surface area contributed by atoms with Gasteiger partial charge in [0.2, 0.25) is 5.91 Å². The highest BCUT2D eigenvalue weighted by Gasteiger charge is 2.28. The van der Waals surface area contributed by atoms with Gasteiger partial charge in [0.15, 0.2) is 0 Å². The van der Waals surface area contributed by atoms with Gasteiger partial charge in [-0.05, 0) is 46.3 Å². The van der Waals surface area contributed by atoms with Gasteiger partial charge in [-0.1, -0.05) is 6.07 Å². The summed E-state index contributed by atoms with van der Waals surface area (Å²) in [5, 5.41) is 1.65. The first kappa shape index (κ1) is 16.7. The zero-order valence-electron chi connectivity index (χ0n) is 13.3. The lowest BCUT2D eigenvalue weighted by Gasteiger charge is -2.30. The number of pyridine rings is 1. The molecule has 6 nitrogen and oxygen atoms in total. The van der Waals surface area contributed by atoms with Gasteiger partial charge in [-0.15, -0.1) is 0 Å². The Morgan fingerprint density at radius 1 is 1.29 bits per heavy atom. The van der Waals surface area contributed by atoms with Gasteiger partial charge in [0.05, 0.1) is 11.6 Å². The van der Waals surface area contributed by atoms with Crippen LogP contribution in [-0.4, -0.2) is 41.9 Å². The van der Waals surface area contributed by atoms with Crippen LogP contribution in [0, 0.1) is 5.92 Å². The van der Waals surface area contributed by atoms with E-state index in [1.54, 1.807) is 18.2 Å². The quantitative estimate of drug-likeness (QED) is 0.869. The van der Waals surface area contributed by atoms with E-state index in [9.17, 15) is 9.59 Å². The summed E-state index contributed by atoms with van der Waals surface area (Å²) in [6.07, 6.45) is 2.82. The molecule has 0 radical (unpaired) electrons. The maximum absolute atomic E-state index is 12.9. The Balaban J connectivity index is 1.95. The number of likely N-dealkylation sites (tertiary alicyclic amines) is 1. The van der Waals surface area contributed by atoms with Crippen molar-refractivity contribution in [3.63, 3.8) is 0 Å². The molecular weight excluding hydrogens is 374 g/mol. The molecule has 1 fully saturated rings. The third-order valence-corrected chi connectivity index (χ3v) is 5.23. The summed E-state index contributed by atoms with van der Waals surface area (Å²) in [5.74, 6) is 0.0636. The van der Waals surface area contributed by atoms with Crippen molar-refractivity contribution in [2.24, 2.45) is 11.7 Å². The normalized spacial score (nSPS) is 15.5. The number of carbonyl (C=O) groups excluding carboxylic acids is 2. The van der Waals surface area contributed by atoms with Crippen molar-refractivity contribution in [3.05, 3.63) is 34.6 Å². The SMILES string of the molecule is COc1ccc2ccnc(C(=O)N3CCC(C(N)=O)CC3)c2c1Br. The second kappa shape index (κ2) is 6.76. The summed E-state index contributed by atoms with van der Waals surface area (Å²) in [6, 6.07) is 5.60. The van der Waals surface area contributed by atoms with Crippen LogP contribution in [0.5, 0.6) is 5.75 Å². The largest absolute Gasteiger partial charge is 0.496 e. The van der Waals surface area contributed by atoms with Gasteiger partial charge >= 0.3 is 0 Å². The Labute approximate surface area is 148 Å². The van der Waals surface area contributed by atoms with Crippen LogP contribution in [0.4, 0.5) is 0 Å². The first-order chi connectivity index (χ1) is 11.5. The van der Waals surface area contributed by atoms with Gasteiger partial charge < -0.3 is 15.4 Å². The first-order valence-corrected chi connectivity index (χ1v) is 8.52. The Bertz CT molecular complexity index is 801. The van der Waals surface area contributed by atoms with Crippen LogP contribution in [-0.2, 0) is 4.79 Å². The third-order valence-electron chi connectivity index (χ3n) is 4.44. The summed E-state index contributed by atoms with van der Waals surface area (Å²) in [7, 11) is 1.58. The van der Waals surface area contributed by atoms with Crippen molar-refractivity contribution in [1.29, 1.82) is 0 Å². The first-order valence-electron chi connectivity index (χ1n) is 7.72. The Hall–Kier alpha value is -2.15. The smallest absolute Gasteiger partial charge is 0.273 e. The molecule has 1 aromatic carbocycles. The van der Waals surface area contributed by atoms with Gasteiger partial charge in [-0.3, -0.25) is 14.6 Å². The summed E-state index contributed by atoms with van der Waals surface area (Å²) >= 11 is 3.52. The molecule has 2 amide bonds. The number of benzene rings is 1. The minimum absolute atomic E-state index is 0.141. The van der Waals surface area contributed by atoms with Crippen LogP contribution in [0.2, 0.25) is 0 Å². The van der Waals surface area contributed by atoms with Crippen molar-refractivity contribution in [2.75, 3.05) is 20.2 Å². The number of carbonyl (C=O) groups is 2. The molecule has 24 heavy (non-hydrogen) atoms. The van der Waals surface area contributed by atoms with E-state index in [1.165, 1.54) is 0 Å². The lowest BCUT2D eigenvalue weighted by molar-refractivity contribution is -0.123. The van der Waals surface area contributed by atoms with Crippen LogP contribution in [0.15, 0.2) is 28.9 Å². The number of primary amides is 1. The van der Waals surface area contributed by atoms with Crippen LogP contribution in [0.3, 0.4) is 0 Å². The number of piperidine rings is 1. The summed E-state index contributed by atoms with van der Waals surface area (Å²) in [6.45, 7) is 1.01. The molecule has 0 bridgehead atoms. The molecule has 1 aliphatic rings. The number of halogens is 1. The molecule has 1 aliphatic heterocycles. The number of ether oxygens (including phenoxy) is 1. The third kappa shape index (κ3) is 2.96. The van der Waals surface area contributed by atoms with Crippen molar-refractivity contribution in [1.82, 2.24) is 9.88 Å². The number of hydrogen-bond acceptors (Lipinski definition) is 4. The number of nitrogens with zero attached hydrogens (tertiary/aromatic N) is 2. The second-order valence-corrected chi connectivity index (χ2v) is 6.60. The molecule has 0 spiro atoms. The van der Waals surface area contributed by atoms with E-state index < -0.39 is 0 Å². The summed E-state index contributed by atoms with van der Waals surface area (Å²) in [4.78, 5) is 30.2. The molecule has 2 heterocycles. The molecule has 0 aliphatic carbocycles. The molecule has 126 valence electrons. The Morgan fingerprint density at radius 3 is 2.62 bits per heavy atom. The standard InChI is InChI=1S/C17H18BrN3O3/c1-24-12-3-2-10-4-7-20-15(13(10)14(12)18)17(23)21-8-5-11(6-9-21)16(19)22/h2-4,7,11H,5-6,8-9H2,1H3,(H2,19,22). The average Bonchev–Trinajstić information content (AvgIpc) is 2.61. The van der Waals surface area contributed by atoms with E-state index in [0.717, 1.165) is 10.8 Å². The molecule has 7 heteroatoms. The van der Waals surface area contributed by atoms with Crippen molar-refractivity contribution in [2.45, 2.75) is 12.8 Å². The van der Waals surface area contributed by atoms with E-state index in [2.05, 4.69) is 20.9 Å². The van der Waals surface area contributed by atoms with Crippen LogP contribution < -0.4 is 10.5 Å². The van der Waals surface area contributed by atoms with Gasteiger partial charge in [0, 0.05) is 30.6 Å². The van der Waals surface area contributed by atoms with Crippen molar-refractivity contribution >= 4 is 38.5 Å². The Morgan fingerprint density at radius 2 is 2.00 bits per heavy atom. The Kier molecular flexibility index (Phi) is 4.71. The molecule has 1 saturated heterocycles. The van der Waals surface area contributed by atoms with Crippen LogP contribution in [0.1, 0.15) is 23.3 Å². The molecule has 2 aromatic rings. The lowest BCUT2D eigenvalue weighted by Crippen LogP contribution is -2.42. The highest BCUT2D eigenvalue weighted by molar-refractivity contribution is 9.10. The second-order valence-electron chi connectivity index (χ2n) is 5.81. The number of aromatic nitrogens is 1. The summed E-state index contributed by atoms with van der Waals surface area (Å²) < 4.78 is 6.04. The van der Waals surface area contributed by atoms with E-state index in [1.807, 2.05) is 18.2 Å². The number of hydrogen-bond donors (Lipinski definition) is 1. The molecule has 3 rings (SSSR count). The molecule has 0 atom stereocenters. The van der Waals surface area contributed by atoms with Crippen LogP contribution in [0.25, 0.3) is 10.8 Å². The van der Waals surface area contributed by atoms with Gasteiger partial charge in [0.25, 0.3) is 5.91 Å². The van der Waals surface area contributed by atoms with Crippen molar-refractivity contribution < 1.29 is 14.3 Å². The van der Waals surface area contributed by atoms with Gasteiger partial charge in [0.1, 0.15) is 11.4 Å². The highest BCUT2D eigenvalue weighted by atomic mass is 79.9. The molecular formula is C17H18BrN3O3. The average molecular weight is 392 g/mol. The zero-order valence-corrected chi connectivity index (χ0v) is 14.9. The number of rotatable bonds is 3. The van der Waals surface area contributed by atoms with Crippen molar-refractivity contribution in [3.8, 4) is 5.75 Å². The monoisotopic (exact) mass is 391 g/mol. The number of amides is 2. The number of nitrogens with two attached hydrogens (primary N) is 1. The lowest BCUT2D eigenvalue weighted by atomic mass is 9.96. The predicted octanol–water partition coefficient (Wildman–Crippen LogP) is 2.34. The number of methoxy groups -OCH3 is 1. The number of fused-ring (bicyclic) bond motifs is 1. The van der Waals surface area contributed by atoms with Gasteiger partial charge in [-0.25, -0.2) is 0 Å². The minimum atomic E-state index is -0.294. The molecule has 0 saturated carbocycles. The fourth-order valence-corrected chi connectivity index (χ4v) is 3.76. The maximum Gasteiger partial charge on any atom is 0.273 e. The minimum Gasteiger partial charge on any atom is -0.496 e. The summed E-state index contributed by atoms with van der Waals surface area (Å²) in [5.41, 5.74) is 5.74. The van der Waals surface area contributed by atoms with E-state index in [0.29, 0.717) is 41.8 Å². The fraction of sp³-hybridized carbons (Fsp3) is 0.353. The predicted molar refractivity (Wildman–Crippen MR) is 93.8 cm³/mol. The fourth-order valence-electron chi connectivity index (χ4n) is 3.04. The highest BCUT2D eigenvalue weighted by Crippen LogP contribution is 2.35. The molecule has 2 N–H and O–H groups in total. The maximum atomic E-state index is 12.9. The van der Waals surface area contributed by atoms with Gasteiger partial charge in [-0.2, -0.15) is 0 Å². The van der Waals surface area contributed by atoms with E-state index in [4.69, 9.17) is 10.5 Å².